The van der Waals surface area contributed by atoms with Crippen molar-refractivity contribution in [2.24, 2.45) is 5.92 Å². The molecule has 106 valence electrons. The summed E-state index contributed by atoms with van der Waals surface area (Å²) in [4.78, 5) is 0. The number of benzene rings is 1. The van der Waals surface area contributed by atoms with Gasteiger partial charge in [0.2, 0.25) is 0 Å². The third-order valence-corrected chi connectivity index (χ3v) is 4.42. The molecule has 1 aromatic rings. The molecule has 0 saturated heterocycles. The summed E-state index contributed by atoms with van der Waals surface area (Å²) >= 11 is 0. The standard InChI is InChI=1S/C14H20O4S/c15-19(16,17)11-13-8-4-5-9-14(13)18-10-12-6-2-1-3-7-12/h1-3,6-7,13-14H,4-5,8-11H2,(H,15,16,17)/t13-,14-/m0/s1. The van der Waals surface area contributed by atoms with Crippen LogP contribution in [0.2, 0.25) is 0 Å². The van der Waals surface area contributed by atoms with Crippen molar-refractivity contribution < 1.29 is 17.7 Å². The fourth-order valence-electron chi connectivity index (χ4n) is 2.63. The Bertz CT molecular complexity index is 483. The van der Waals surface area contributed by atoms with Gasteiger partial charge in [0.05, 0.1) is 18.5 Å². The van der Waals surface area contributed by atoms with E-state index in [1.54, 1.807) is 0 Å². The lowest BCUT2D eigenvalue weighted by Gasteiger charge is -2.30. The van der Waals surface area contributed by atoms with Gasteiger partial charge in [-0.2, -0.15) is 8.42 Å². The predicted octanol–water partition coefficient (Wildman–Crippen LogP) is 2.65. The first-order valence-corrected chi connectivity index (χ1v) is 8.26. The molecule has 0 amide bonds. The molecule has 2 atom stereocenters. The van der Waals surface area contributed by atoms with E-state index in [-0.39, 0.29) is 17.8 Å². The van der Waals surface area contributed by atoms with Crippen molar-refractivity contribution in [2.75, 3.05) is 5.75 Å². The van der Waals surface area contributed by atoms with Crippen LogP contribution >= 0.6 is 0 Å². The zero-order chi connectivity index (χ0) is 13.7. The Balaban J connectivity index is 1.92. The van der Waals surface area contributed by atoms with E-state index in [4.69, 9.17) is 9.29 Å². The van der Waals surface area contributed by atoms with Gasteiger partial charge in [-0.15, -0.1) is 0 Å². The number of rotatable bonds is 5. The second-order valence-electron chi connectivity index (χ2n) is 5.13. The van der Waals surface area contributed by atoms with E-state index in [0.29, 0.717) is 6.61 Å². The highest BCUT2D eigenvalue weighted by atomic mass is 32.2. The van der Waals surface area contributed by atoms with E-state index < -0.39 is 10.1 Å². The molecule has 0 heterocycles. The quantitative estimate of drug-likeness (QED) is 0.844. The maximum absolute atomic E-state index is 11.0. The Morgan fingerprint density at radius 2 is 1.84 bits per heavy atom. The highest BCUT2D eigenvalue weighted by Crippen LogP contribution is 2.28. The molecule has 1 aromatic carbocycles. The number of hydrogen-bond donors (Lipinski definition) is 1. The molecule has 19 heavy (non-hydrogen) atoms. The molecule has 1 N–H and O–H groups in total. The van der Waals surface area contributed by atoms with Crippen LogP contribution in [-0.4, -0.2) is 24.8 Å². The summed E-state index contributed by atoms with van der Waals surface area (Å²) in [5.74, 6) is -0.278. The fraction of sp³-hybridized carbons (Fsp3) is 0.571. The lowest BCUT2D eigenvalue weighted by Crippen LogP contribution is -2.32. The van der Waals surface area contributed by atoms with Crippen LogP contribution in [0.1, 0.15) is 31.2 Å². The molecule has 1 fully saturated rings. The van der Waals surface area contributed by atoms with Gasteiger partial charge in [0.25, 0.3) is 10.1 Å². The van der Waals surface area contributed by atoms with Crippen LogP contribution in [0.5, 0.6) is 0 Å². The molecular weight excluding hydrogens is 264 g/mol. The average Bonchev–Trinajstić information content (AvgIpc) is 2.37. The highest BCUT2D eigenvalue weighted by Gasteiger charge is 2.29. The zero-order valence-electron chi connectivity index (χ0n) is 10.9. The summed E-state index contributed by atoms with van der Waals surface area (Å²) in [6, 6.07) is 9.83. The van der Waals surface area contributed by atoms with Crippen molar-refractivity contribution in [1.82, 2.24) is 0 Å². The maximum atomic E-state index is 11.0. The molecule has 0 bridgehead atoms. The predicted molar refractivity (Wildman–Crippen MR) is 73.4 cm³/mol. The van der Waals surface area contributed by atoms with Gasteiger partial charge in [-0.25, -0.2) is 0 Å². The van der Waals surface area contributed by atoms with Crippen molar-refractivity contribution in [3.05, 3.63) is 35.9 Å². The van der Waals surface area contributed by atoms with E-state index in [1.165, 1.54) is 0 Å². The molecule has 4 nitrogen and oxygen atoms in total. The fourth-order valence-corrected chi connectivity index (χ4v) is 3.55. The number of hydrogen-bond acceptors (Lipinski definition) is 3. The van der Waals surface area contributed by atoms with Crippen LogP contribution in [0.25, 0.3) is 0 Å². The first-order chi connectivity index (χ1) is 9.04. The van der Waals surface area contributed by atoms with Crippen LogP contribution in [0, 0.1) is 5.92 Å². The second kappa shape index (κ2) is 6.50. The van der Waals surface area contributed by atoms with E-state index in [1.807, 2.05) is 30.3 Å². The summed E-state index contributed by atoms with van der Waals surface area (Å²) < 4.78 is 36.9. The Morgan fingerprint density at radius 3 is 2.53 bits per heavy atom. The van der Waals surface area contributed by atoms with Crippen LogP contribution in [0.15, 0.2) is 30.3 Å². The molecule has 0 aromatic heterocycles. The van der Waals surface area contributed by atoms with Gasteiger partial charge >= 0.3 is 0 Å². The smallest absolute Gasteiger partial charge is 0.265 e. The largest absolute Gasteiger partial charge is 0.373 e. The van der Waals surface area contributed by atoms with Crippen LogP contribution in [0.4, 0.5) is 0 Å². The van der Waals surface area contributed by atoms with E-state index >= 15 is 0 Å². The average molecular weight is 284 g/mol. The Labute approximate surface area is 114 Å². The van der Waals surface area contributed by atoms with Crippen LogP contribution in [-0.2, 0) is 21.5 Å². The lowest BCUT2D eigenvalue weighted by molar-refractivity contribution is -0.0148. The topological polar surface area (TPSA) is 63.6 Å². The summed E-state index contributed by atoms with van der Waals surface area (Å²) in [6.07, 6.45) is 3.66. The molecule has 1 aliphatic carbocycles. The van der Waals surface area contributed by atoms with Crippen molar-refractivity contribution in [2.45, 2.75) is 38.4 Å². The molecule has 0 aliphatic heterocycles. The van der Waals surface area contributed by atoms with Crippen molar-refractivity contribution in [3.8, 4) is 0 Å². The minimum Gasteiger partial charge on any atom is -0.373 e. The third kappa shape index (κ3) is 4.93. The van der Waals surface area contributed by atoms with E-state index in [0.717, 1.165) is 31.2 Å². The monoisotopic (exact) mass is 284 g/mol. The molecule has 0 unspecified atom stereocenters. The molecular formula is C14H20O4S. The molecule has 0 spiro atoms. The summed E-state index contributed by atoms with van der Waals surface area (Å²) in [5.41, 5.74) is 1.08. The zero-order valence-corrected chi connectivity index (χ0v) is 11.7. The molecule has 5 heteroatoms. The minimum absolute atomic E-state index is 0.0733. The van der Waals surface area contributed by atoms with E-state index in [9.17, 15) is 8.42 Å². The second-order valence-corrected chi connectivity index (χ2v) is 6.63. The summed E-state index contributed by atoms with van der Waals surface area (Å²) in [5, 5.41) is 0. The van der Waals surface area contributed by atoms with E-state index in [2.05, 4.69) is 0 Å². The van der Waals surface area contributed by atoms with Gasteiger partial charge in [-0.1, -0.05) is 43.2 Å². The molecule has 1 saturated carbocycles. The van der Waals surface area contributed by atoms with Gasteiger partial charge in [-0.05, 0) is 18.4 Å². The Hall–Kier alpha value is -0.910. The first-order valence-electron chi connectivity index (χ1n) is 6.65. The van der Waals surface area contributed by atoms with Crippen molar-refractivity contribution in [3.63, 3.8) is 0 Å². The van der Waals surface area contributed by atoms with Gasteiger partial charge in [0.15, 0.2) is 0 Å². The van der Waals surface area contributed by atoms with Gasteiger partial charge in [0, 0.05) is 5.92 Å². The van der Waals surface area contributed by atoms with Crippen LogP contribution < -0.4 is 0 Å². The Kier molecular flexibility index (Phi) is 4.96. The SMILES string of the molecule is O=S(=O)(O)C[C@@H]1CCCC[C@@H]1OCc1ccccc1. The normalized spacial score (nSPS) is 24.3. The third-order valence-electron chi connectivity index (χ3n) is 3.57. The van der Waals surface area contributed by atoms with Gasteiger partial charge < -0.3 is 4.74 Å². The molecule has 0 radical (unpaired) electrons. The van der Waals surface area contributed by atoms with Crippen molar-refractivity contribution >= 4 is 10.1 Å². The highest BCUT2D eigenvalue weighted by molar-refractivity contribution is 7.85. The minimum atomic E-state index is -3.92. The first kappa shape index (κ1) is 14.5. The van der Waals surface area contributed by atoms with Crippen LogP contribution in [0.3, 0.4) is 0 Å². The molecule has 2 rings (SSSR count). The van der Waals surface area contributed by atoms with Gasteiger partial charge in [0.1, 0.15) is 0 Å². The van der Waals surface area contributed by atoms with Gasteiger partial charge in [-0.3, -0.25) is 4.55 Å². The maximum Gasteiger partial charge on any atom is 0.265 e. The Morgan fingerprint density at radius 1 is 1.16 bits per heavy atom. The molecule has 1 aliphatic rings. The summed E-state index contributed by atoms with van der Waals surface area (Å²) in [6.45, 7) is 0.494. The summed E-state index contributed by atoms with van der Waals surface area (Å²) in [7, 11) is -3.92. The lowest BCUT2D eigenvalue weighted by atomic mass is 9.88. The van der Waals surface area contributed by atoms with Crippen molar-refractivity contribution in [1.29, 1.82) is 0 Å². The number of ether oxygens (including phenoxy) is 1.